The molecule has 0 saturated carbocycles. The molecule has 1 N–H and O–H groups in total. The first-order chi connectivity index (χ1) is 7.24. The Balaban J connectivity index is 3.86. The minimum Gasteiger partial charge on any atom is -0.468 e. The predicted molar refractivity (Wildman–Crippen MR) is 62.8 cm³/mol. The summed E-state index contributed by atoms with van der Waals surface area (Å²) in [5, 5.41) is 3.17. The van der Waals surface area contributed by atoms with Gasteiger partial charge in [0.15, 0.2) is 0 Å². The van der Waals surface area contributed by atoms with Gasteiger partial charge in [0.2, 0.25) is 0 Å². The van der Waals surface area contributed by atoms with Crippen LogP contribution in [0, 0.1) is 0 Å². The van der Waals surface area contributed by atoms with Gasteiger partial charge >= 0.3 is 5.97 Å². The minimum atomic E-state index is -0.208. The van der Waals surface area contributed by atoms with E-state index >= 15 is 0 Å². The van der Waals surface area contributed by atoms with Crippen molar-refractivity contribution in [1.82, 2.24) is 5.32 Å². The molecular formula is C12H23NO2. The zero-order chi connectivity index (χ0) is 11.5. The molecule has 3 nitrogen and oxygen atoms in total. The summed E-state index contributed by atoms with van der Waals surface area (Å²) in [6.45, 7) is 4.58. The van der Waals surface area contributed by atoms with Crippen LogP contribution in [0.2, 0.25) is 0 Å². The summed E-state index contributed by atoms with van der Waals surface area (Å²) in [5.74, 6) is -0.208. The first-order valence-electron chi connectivity index (χ1n) is 5.71. The number of hydrogen-bond acceptors (Lipinski definition) is 3. The molecule has 0 bridgehead atoms. The largest absolute Gasteiger partial charge is 0.468 e. The van der Waals surface area contributed by atoms with Crippen LogP contribution in [0.1, 0.15) is 39.5 Å². The number of unbranched alkanes of at least 4 members (excludes halogenated alkanes) is 1. The minimum absolute atomic E-state index is 0.208. The molecule has 0 aromatic rings. The SMILES string of the molecule is CCC/C=C/[C@@H](CCC)NCC(=O)OC. The predicted octanol–water partition coefficient (Wildman–Crippen LogP) is 2.27. The summed E-state index contributed by atoms with van der Waals surface area (Å²) in [7, 11) is 1.41. The molecule has 1 atom stereocenters. The second kappa shape index (κ2) is 9.71. The van der Waals surface area contributed by atoms with E-state index in [1.807, 2.05) is 0 Å². The highest BCUT2D eigenvalue weighted by Gasteiger charge is 2.05. The zero-order valence-electron chi connectivity index (χ0n) is 10.1. The molecule has 0 unspecified atom stereocenters. The van der Waals surface area contributed by atoms with Crippen molar-refractivity contribution in [2.45, 2.75) is 45.6 Å². The van der Waals surface area contributed by atoms with Gasteiger partial charge in [-0.1, -0.05) is 38.8 Å². The van der Waals surface area contributed by atoms with Crippen molar-refractivity contribution < 1.29 is 9.53 Å². The molecule has 88 valence electrons. The topological polar surface area (TPSA) is 38.3 Å². The molecule has 0 spiro atoms. The fraction of sp³-hybridized carbons (Fsp3) is 0.750. The van der Waals surface area contributed by atoms with Crippen molar-refractivity contribution >= 4 is 5.97 Å². The van der Waals surface area contributed by atoms with E-state index < -0.39 is 0 Å². The Hall–Kier alpha value is -0.830. The zero-order valence-corrected chi connectivity index (χ0v) is 10.1. The molecule has 0 fully saturated rings. The molecule has 0 aliphatic rings. The number of hydrogen-bond donors (Lipinski definition) is 1. The Kier molecular flexibility index (Phi) is 9.18. The van der Waals surface area contributed by atoms with E-state index in [0.717, 1.165) is 25.7 Å². The highest BCUT2D eigenvalue weighted by Crippen LogP contribution is 2.00. The number of nitrogens with one attached hydrogen (secondary N) is 1. The third-order valence-corrected chi connectivity index (χ3v) is 2.16. The number of carbonyl (C=O) groups excluding carboxylic acids is 1. The van der Waals surface area contributed by atoms with Gasteiger partial charge in [-0.2, -0.15) is 0 Å². The molecule has 0 aromatic heterocycles. The van der Waals surface area contributed by atoms with Gasteiger partial charge in [0.1, 0.15) is 0 Å². The molecule has 15 heavy (non-hydrogen) atoms. The average Bonchev–Trinajstić information content (AvgIpc) is 2.25. The van der Waals surface area contributed by atoms with Gasteiger partial charge in [-0.3, -0.25) is 4.79 Å². The van der Waals surface area contributed by atoms with E-state index in [4.69, 9.17) is 0 Å². The summed E-state index contributed by atoms with van der Waals surface area (Å²) in [6.07, 6.45) is 8.74. The molecule has 0 aliphatic carbocycles. The number of methoxy groups -OCH3 is 1. The van der Waals surface area contributed by atoms with Gasteiger partial charge in [0.05, 0.1) is 13.7 Å². The van der Waals surface area contributed by atoms with Crippen LogP contribution in [0.5, 0.6) is 0 Å². The smallest absolute Gasteiger partial charge is 0.319 e. The standard InChI is InChI=1S/C12H23NO2/c1-4-6-7-9-11(8-5-2)13-10-12(14)15-3/h7,9,11,13H,4-6,8,10H2,1-3H3/b9-7+/t11-/m1/s1. The molecular weight excluding hydrogens is 190 g/mol. The molecule has 0 heterocycles. The summed E-state index contributed by atoms with van der Waals surface area (Å²) >= 11 is 0. The Morgan fingerprint density at radius 3 is 2.67 bits per heavy atom. The first-order valence-corrected chi connectivity index (χ1v) is 5.71. The molecule has 0 radical (unpaired) electrons. The number of esters is 1. The quantitative estimate of drug-likeness (QED) is 0.496. The Labute approximate surface area is 92.9 Å². The highest BCUT2D eigenvalue weighted by atomic mass is 16.5. The van der Waals surface area contributed by atoms with E-state index in [1.54, 1.807) is 0 Å². The number of rotatable bonds is 8. The van der Waals surface area contributed by atoms with Crippen molar-refractivity contribution in [2.24, 2.45) is 0 Å². The summed E-state index contributed by atoms with van der Waals surface area (Å²) < 4.78 is 4.58. The van der Waals surface area contributed by atoms with Gasteiger partial charge in [0, 0.05) is 6.04 Å². The van der Waals surface area contributed by atoms with Crippen molar-refractivity contribution in [3.8, 4) is 0 Å². The summed E-state index contributed by atoms with van der Waals surface area (Å²) in [5.41, 5.74) is 0. The molecule has 0 aliphatic heterocycles. The number of ether oxygens (including phenoxy) is 1. The third-order valence-electron chi connectivity index (χ3n) is 2.16. The van der Waals surface area contributed by atoms with Crippen LogP contribution in [0.4, 0.5) is 0 Å². The van der Waals surface area contributed by atoms with Crippen LogP contribution in [-0.2, 0) is 9.53 Å². The second-order valence-corrected chi connectivity index (χ2v) is 3.57. The summed E-state index contributed by atoms with van der Waals surface area (Å²) in [6, 6.07) is 0.292. The van der Waals surface area contributed by atoms with Crippen LogP contribution in [0.3, 0.4) is 0 Å². The maximum atomic E-state index is 10.9. The Bertz CT molecular complexity index is 190. The van der Waals surface area contributed by atoms with Crippen molar-refractivity contribution in [1.29, 1.82) is 0 Å². The van der Waals surface area contributed by atoms with Crippen LogP contribution in [0.25, 0.3) is 0 Å². The van der Waals surface area contributed by atoms with Crippen LogP contribution < -0.4 is 5.32 Å². The lowest BCUT2D eigenvalue weighted by molar-refractivity contribution is -0.139. The van der Waals surface area contributed by atoms with Crippen LogP contribution in [0.15, 0.2) is 12.2 Å². The molecule has 0 rings (SSSR count). The van der Waals surface area contributed by atoms with E-state index in [0.29, 0.717) is 6.04 Å². The normalized spacial score (nSPS) is 13.0. The van der Waals surface area contributed by atoms with E-state index in [-0.39, 0.29) is 12.5 Å². The van der Waals surface area contributed by atoms with Gasteiger partial charge in [0.25, 0.3) is 0 Å². The average molecular weight is 213 g/mol. The number of allylic oxidation sites excluding steroid dienone is 1. The number of carbonyl (C=O) groups is 1. The maximum Gasteiger partial charge on any atom is 0.319 e. The maximum absolute atomic E-state index is 10.9. The van der Waals surface area contributed by atoms with Crippen LogP contribution >= 0.6 is 0 Å². The summed E-state index contributed by atoms with van der Waals surface area (Å²) in [4.78, 5) is 10.9. The van der Waals surface area contributed by atoms with Crippen molar-refractivity contribution in [3.05, 3.63) is 12.2 Å². The van der Waals surface area contributed by atoms with Crippen molar-refractivity contribution in [3.63, 3.8) is 0 Å². The third kappa shape index (κ3) is 8.18. The second-order valence-electron chi connectivity index (χ2n) is 3.57. The lowest BCUT2D eigenvalue weighted by Crippen LogP contribution is -2.32. The molecule has 0 aromatic carbocycles. The molecule has 0 amide bonds. The molecule has 3 heteroatoms. The Morgan fingerprint density at radius 2 is 2.13 bits per heavy atom. The van der Waals surface area contributed by atoms with Gasteiger partial charge in [-0.15, -0.1) is 0 Å². The lowest BCUT2D eigenvalue weighted by Gasteiger charge is -2.12. The van der Waals surface area contributed by atoms with Gasteiger partial charge < -0.3 is 10.1 Å². The van der Waals surface area contributed by atoms with Crippen molar-refractivity contribution in [2.75, 3.05) is 13.7 Å². The molecule has 0 saturated heterocycles. The van der Waals surface area contributed by atoms with E-state index in [2.05, 4.69) is 36.1 Å². The Morgan fingerprint density at radius 1 is 1.40 bits per heavy atom. The first kappa shape index (κ1) is 14.2. The van der Waals surface area contributed by atoms with E-state index in [9.17, 15) is 4.79 Å². The van der Waals surface area contributed by atoms with Gasteiger partial charge in [-0.25, -0.2) is 0 Å². The highest BCUT2D eigenvalue weighted by molar-refractivity contribution is 5.71. The fourth-order valence-electron chi connectivity index (χ4n) is 1.29. The van der Waals surface area contributed by atoms with Gasteiger partial charge in [-0.05, 0) is 12.8 Å². The monoisotopic (exact) mass is 213 g/mol. The lowest BCUT2D eigenvalue weighted by atomic mass is 10.1. The van der Waals surface area contributed by atoms with Crippen LogP contribution in [-0.4, -0.2) is 25.7 Å². The fourth-order valence-corrected chi connectivity index (χ4v) is 1.29. The van der Waals surface area contributed by atoms with E-state index in [1.165, 1.54) is 7.11 Å².